The van der Waals surface area contributed by atoms with Crippen LogP contribution in [0, 0.1) is 0 Å². The van der Waals surface area contributed by atoms with Crippen molar-refractivity contribution < 1.29 is 9.53 Å². The van der Waals surface area contributed by atoms with E-state index < -0.39 is 0 Å². The lowest BCUT2D eigenvalue weighted by Gasteiger charge is -2.30. The van der Waals surface area contributed by atoms with E-state index in [2.05, 4.69) is 12.2 Å². The molecule has 1 aliphatic heterocycles. The second kappa shape index (κ2) is 6.21. The van der Waals surface area contributed by atoms with Gasteiger partial charge in [0.2, 0.25) is 5.91 Å². The van der Waals surface area contributed by atoms with Gasteiger partial charge in [0.05, 0.1) is 6.10 Å². The Labute approximate surface area is 98.3 Å². The van der Waals surface area contributed by atoms with Crippen molar-refractivity contribution in [2.75, 3.05) is 20.2 Å². The molecule has 0 spiro atoms. The molecule has 1 fully saturated rings. The van der Waals surface area contributed by atoms with E-state index in [1.807, 2.05) is 20.9 Å². The molecule has 0 aliphatic carbocycles. The van der Waals surface area contributed by atoms with Crippen molar-refractivity contribution in [1.82, 2.24) is 10.2 Å². The number of piperidine rings is 1. The van der Waals surface area contributed by atoms with E-state index in [-0.39, 0.29) is 24.7 Å². The Morgan fingerprint density at radius 2 is 2.25 bits per heavy atom. The van der Waals surface area contributed by atoms with Crippen LogP contribution in [0.3, 0.4) is 0 Å². The first-order valence-electron chi connectivity index (χ1n) is 6.13. The molecule has 0 bridgehead atoms. The third kappa shape index (κ3) is 3.76. The number of carbonyl (C=O) groups excluding carboxylic acids is 1. The summed E-state index contributed by atoms with van der Waals surface area (Å²) in [6.07, 6.45) is 2.36. The van der Waals surface area contributed by atoms with E-state index in [9.17, 15) is 4.79 Å². The van der Waals surface area contributed by atoms with E-state index in [1.54, 1.807) is 4.90 Å². The number of hydrogen-bond acceptors (Lipinski definition) is 3. The van der Waals surface area contributed by atoms with Gasteiger partial charge in [-0.3, -0.25) is 4.79 Å². The lowest BCUT2D eigenvalue weighted by atomic mass is 10.0. The van der Waals surface area contributed by atoms with Crippen molar-refractivity contribution in [2.45, 2.75) is 51.8 Å². The smallest absolute Gasteiger partial charge is 0.248 e. The first kappa shape index (κ1) is 13.5. The molecule has 2 unspecified atom stereocenters. The highest BCUT2D eigenvalue weighted by Crippen LogP contribution is 2.12. The van der Waals surface area contributed by atoms with Crippen molar-refractivity contribution in [2.24, 2.45) is 0 Å². The molecule has 1 N–H and O–H groups in total. The van der Waals surface area contributed by atoms with Gasteiger partial charge < -0.3 is 15.0 Å². The Morgan fingerprint density at radius 1 is 1.56 bits per heavy atom. The SMILES string of the molecule is CC1NCCCC1OCC(=O)N(C)C(C)C. The summed E-state index contributed by atoms with van der Waals surface area (Å²) in [5.41, 5.74) is 0. The molecule has 0 aromatic heterocycles. The highest BCUT2D eigenvalue weighted by Gasteiger charge is 2.23. The molecule has 0 aromatic carbocycles. The van der Waals surface area contributed by atoms with Gasteiger partial charge in [0.25, 0.3) is 0 Å². The normalized spacial score (nSPS) is 25.8. The van der Waals surface area contributed by atoms with E-state index in [0.29, 0.717) is 6.04 Å². The summed E-state index contributed by atoms with van der Waals surface area (Å²) >= 11 is 0. The number of nitrogens with one attached hydrogen (secondary N) is 1. The lowest BCUT2D eigenvalue weighted by molar-refractivity contribution is -0.139. The Bertz CT molecular complexity index is 231. The minimum absolute atomic E-state index is 0.0628. The molecule has 1 saturated heterocycles. The van der Waals surface area contributed by atoms with Gasteiger partial charge >= 0.3 is 0 Å². The van der Waals surface area contributed by atoms with Crippen molar-refractivity contribution in [3.8, 4) is 0 Å². The summed E-state index contributed by atoms with van der Waals surface area (Å²) in [4.78, 5) is 13.4. The highest BCUT2D eigenvalue weighted by molar-refractivity contribution is 5.77. The van der Waals surface area contributed by atoms with Crippen LogP contribution in [0.1, 0.15) is 33.6 Å². The molecule has 4 heteroatoms. The van der Waals surface area contributed by atoms with Crippen LogP contribution < -0.4 is 5.32 Å². The van der Waals surface area contributed by atoms with Crippen molar-refractivity contribution >= 4 is 5.91 Å². The zero-order valence-electron chi connectivity index (χ0n) is 10.8. The molecule has 1 heterocycles. The fourth-order valence-electron chi connectivity index (χ4n) is 1.81. The summed E-state index contributed by atoms with van der Waals surface area (Å²) < 4.78 is 5.67. The van der Waals surface area contributed by atoms with Gasteiger partial charge in [0.15, 0.2) is 0 Å². The van der Waals surface area contributed by atoms with Crippen LogP contribution in [-0.2, 0) is 9.53 Å². The molecule has 0 radical (unpaired) electrons. The summed E-state index contributed by atoms with van der Waals surface area (Å²) in [5.74, 6) is 0.0628. The van der Waals surface area contributed by atoms with Crippen LogP contribution in [0.25, 0.3) is 0 Å². The number of rotatable bonds is 4. The minimum atomic E-state index is 0.0628. The van der Waals surface area contributed by atoms with Gasteiger partial charge in [-0.2, -0.15) is 0 Å². The molecule has 1 aliphatic rings. The van der Waals surface area contributed by atoms with Gasteiger partial charge in [-0.05, 0) is 40.2 Å². The molecular formula is C12H24N2O2. The molecule has 2 atom stereocenters. The Morgan fingerprint density at radius 3 is 2.81 bits per heavy atom. The molecule has 0 aromatic rings. The number of likely N-dealkylation sites (N-methyl/N-ethyl adjacent to an activating group) is 1. The van der Waals surface area contributed by atoms with Crippen LogP contribution in [0.4, 0.5) is 0 Å². The molecule has 1 amide bonds. The Kier molecular flexibility index (Phi) is 5.22. The van der Waals surface area contributed by atoms with Crippen LogP contribution in [-0.4, -0.2) is 49.2 Å². The van der Waals surface area contributed by atoms with Crippen molar-refractivity contribution in [1.29, 1.82) is 0 Å². The first-order valence-corrected chi connectivity index (χ1v) is 6.13. The van der Waals surface area contributed by atoms with Gasteiger partial charge in [-0.15, -0.1) is 0 Å². The summed E-state index contributed by atoms with van der Waals surface area (Å²) in [5, 5.41) is 3.36. The van der Waals surface area contributed by atoms with Crippen LogP contribution in [0.2, 0.25) is 0 Å². The standard InChI is InChI=1S/C12H24N2O2/c1-9(2)14(4)12(15)8-16-11-6-5-7-13-10(11)3/h9-11,13H,5-8H2,1-4H3. The lowest BCUT2D eigenvalue weighted by Crippen LogP contribution is -2.45. The van der Waals surface area contributed by atoms with Crippen molar-refractivity contribution in [3.63, 3.8) is 0 Å². The molecule has 4 nitrogen and oxygen atoms in total. The largest absolute Gasteiger partial charge is 0.367 e. The third-order valence-electron chi connectivity index (χ3n) is 3.28. The number of carbonyl (C=O) groups is 1. The maximum absolute atomic E-state index is 11.7. The second-order valence-corrected chi connectivity index (χ2v) is 4.83. The maximum atomic E-state index is 11.7. The highest BCUT2D eigenvalue weighted by atomic mass is 16.5. The predicted octanol–water partition coefficient (Wildman–Crippen LogP) is 1.01. The van der Waals surface area contributed by atoms with E-state index >= 15 is 0 Å². The molecule has 94 valence electrons. The van der Waals surface area contributed by atoms with Gasteiger partial charge in [0.1, 0.15) is 6.61 Å². The molecule has 16 heavy (non-hydrogen) atoms. The second-order valence-electron chi connectivity index (χ2n) is 4.83. The molecular weight excluding hydrogens is 204 g/mol. The van der Waals surface area contributed by atoms with Gasteiger partial charge in [-0.1, -0.05) is 0 Å². The fourth-order valence-corrected chi connectivity index (χ4v) is 1.81. The van der Waals surface area contributed by atoms with Crippen LogP contribution >= 0.6 is 0 Å². The predicted molar refractivity (Wildman–Crippen MR) is 64.3 cm³/mol. The zero-order valence-corrected chi connectivity index (χ0v) is 10.8. The Hall–Kier alpha value is -0.610. The number of amides is 1. The first-order chi connectivity index (χ1) is 7.52. The van der Waals surface area contributed by atoms with E-state index in [1.165, 1.54) is 0 Å². The van der Waals surface area contributed by atoms with Gasteiger partial charge in [0, 0.05) is 19.1 Å². The molecule has 1 rings (SSSR count). The van der Waals surface area contributed by atoms with Gasteiger partial charge in [-0.25, -0.2) is 0 Å². The van der Waals surface area contributed by atoms with E-state index in [4.69, 9.17) is 4.74 Å². The van der Waals surface area contributed by atoms with Crippen LogP contribution in [0.5, 0.6) is 0 Å². The Balaban J connectivity index is 2.30. The summed E-state index contributed by atoms with van der Waals surface area (Å²) in [6.45, 7) is 7.37. The average Bonchev–Trinajstić information content (AvgIpc) is 2.26. The third-order valence-corrected chi connectivity index (χ3v) is 3.28. The number of ether oxygens (including phenoxy) is 1. The summed E-state index contributed by atoms with van der Waals surface area (Å²) in [7, 11) is 1.82. The topological polar surface area (TPSA) is 41.6 Å². The maximum Gasteiger partial charge on any atom is 0.248 e. The monoisotopic (exact) mass is 228 g/mol. The number of hydrogen-bond donors (Lipinski definition) is 1. The molecule has 0 saturated carbocycles. The zero-order chi connectivity index (χ0) is 12.1. The minimum Gasteiger partial charge on any atom is -0.367 e. The fraction of sp³-hybridized carbons (Fsp3) is 0.917. The average molecular weight is 228 g/mol. The summed E-state index contributed by atoms with van der Waals surface area (Å²) in [6, 6.07) is 0.587. The van der Waals surface area contributed by atoms with Crippen molar-refractivity contribution in [3.05, 3.63) is 0 Å². The van der Waals surface area contributed by atoms with E-state index in [0.717, 1.165) is 19.4 Å². The quantitative estimate of drug-likeness (QED) is 0.781. The van der Waals surface area contributed by atoms with Crippen LogP contribution in [0.15, 0.2) is 0 Å². The number of nitrogens with zero attached hydrogens (tertiary/aromatic N) is 1.